The van der Waals surface area contributed by atoms with E-state index in [1.165, 1.54) is 12.1 Å². The van der Waals surface area contributed by atoms with E-state index in [0.29, 0.717) is 49.0 Å². The van der Waals surface area contributed by atoms with Crippen LogP contribution < -0.4 is 10.5 Å². The van der Waals surface area contributed by atoms with E-state index in [-0.39, 0.29) is 11.6 Å². The Morgan fingerprint density at radius 3 is 2.81 bits per heavy atom. The largest absolute Gasteiger partial charge is 0.415 e. The Bertz CT molecular complexity index is 1240. The fraction of sp³-hybridized carbons (Fsp3) is 0.304. The summed E-state index contributed by atoms with van der Waals surface area (Å²) in [5.41, 5.74) is 7.03. The molecule has 1 fully saturated rings. The summed E-state index contributed by atoms with van der Waals surface area (Å²) in [5, 5.41) is 0. The molecule has 1 aliphatic rings. The normalized spacial score (nSPS) is 13.9. The molecular weight excluding hydrogens is 411 g/mol. The molecule has 0 aliphatic carbocycles. The number of ether oxygens (including phenoxy) is 1. The summed E-state index contributed by atoms with van der Waals surface area (Å²) in [4.78, 5) is 26.7. The Morgan fingerprint density at radius 2 is 2.06 bits per heavy atom. The number of nitrogens with two attached hydrogens (primary N) is 1. The van der Waals surface area contributed by atoms with Crippen LogP contribution in [0.4, 0.5) is 15.0 Å². The van der Waals surface area contributed by atoms with Crippen molar-refractivity contribution in [1.29, 1.82) is 0 Å². The lowest BCUT2D eigenvalue weighted by molar-refractivity contribution is 0.130. The summed E-state index contributed by atoms with van der Waals surface area (Å²) in [6.07, 6.45) is 8.60. The van der Waals surface area contributed by atoms with E-state index in [4.69, 9.17) is 16.9 Å². The number of imidazole rings is 1. The first-order valence-corrected chi connectivity index (χ1v) is 10.2. The SMILES string of the molecule is C#CCn1cnc2c(N)nc(C#CCC3CCN(C(=O)Oc4ccccc4F)CC3)nc21. The van der Waals surface area contributed by atoms with Gasteiger partial charge in [-0.25, -0.2) is 24.1 Å². The van der Waals surface area contributed by atoms with Gasteiger partial charge in [-0.3, -0.25) is 0 Å². The highest BCUT2D eigenvalue weighted by atomic mass is 19.1. The number of carbonyl (C=O) groups excluding carboxylic acids is 1. The van der Waals surface area contributed by atoms with Crippen LogP contribution in [0.25, 0.3) is 11.2 Å². The van der Waals surface area contributed by atoms with E-state index in [0.717, 1.165) is 12.8 Å². The molecule has 1 saturated heterocycles. The number of rotatable bonds is 3. The fourth-order valence-electron chi connectivity index (χ4n) is 3.52. The van der Waals surface area contributed by atoms with Crippen LogP contribution in [0.15, 0.2) is 30.6 Å². The van der Waals surface area contributed by atoms with Gasteiger partial charge in [0.05, 0.1) is 12.9 Å². The average molecular weight is 432 g/mol. The van der Waals surface area contributed by atoms with E-state index in [1.54, 1.807) is 27.9 Å². The summed E-state index contributed by atoms with van der Waals surface area (Å²) >= 11 is 0. The minimum Gasteiger partial charge on any atom is -0.407 e. The van der Waals surface area contributed by atoms with Crippen LogP contribution in [0, 0.1) is 35.9 Å². The lowest BCUT2D eigenvalue weighted by atomic mass is 9.94. The Labute approximate surface area is 184 Å². The second-order valence-electron chi connectivity index (χ2n) is 7.42. The third-order valence-electron chi connectivity index (χ3n) is 5.25. The summed E-state index contributed by atoms with van der Waals surface area (Å²) in [5.74, 6) is 8.91. The van der Waals surface area contributed by atoms with Gasteiger partial charge in [-0.1, -0.05) is 24.0 Å². The Kier molecular flexibility index (Phi) is 6.18. The second kappa shape index (κ2) is 9.36. The van der Waals surface area contributed by atoms with E-state index in [9.17, 15) is 9.18 Å². The van der Waals surface area contributed by atoms with Gasteiger partial charge in [-0.15, -0.1) is 6.42 Å². The standard InChI is InChI=1S/C23H21FN6O2/c1-2-12-30-15-26-20-21(25)27-19(28-22(20)30)9-5-6-16-10-13-29(14-11-16)23(31)32-18-8-4-3-7-17(18)24/h1,3-4,7-8,15-16H,6,10-14H2,(H2,25,27,28). The molecular formula is C23H21FN6O2. The van der Waals surface area contributed by atoms with Crippen LogP contribution in [0.5, 0.6) is 5.75 Å². The van der Waals surface area contributed by atoms with Crippen molar-refractivity contribution in [3.05, 3.63) is 42.2 Å². The van der Waals surface area contributed by atoms with Crippen molar-refractivity contribution < 1.29 is 13.9 Å². The molecule has 1 aliphatic heterocycles. The number of terminal acetylenes is 1. The second-order valence-corrected chi connectivity index (χ2v) is 7.42. The molecule has 0 unspecified atom stereocenters. The molecule has 3 heterocycles. The molecule has 32 heavy (non-hydrogen) atoms. The van der Waals surface area contributed by atoms with Crippen molar-refractivity contribution >= 4 is 23.1 Å². The molecule has 2 aromatic heterocycles. The van der Waals surface area contributed by atoms with Gasteiger partial charge in [0, 0.05) is 19.5 Å². The number of benzene rings is 1. The van der Waals surface area contributed by atoms with Gasteiger partial charge < -0.3 is 19.9 Å². The maximum absolute atomic E-state index is 13.7. The number of nitrogen functional groups attached to an aromatic ring is 1. The minimum atomic E-state index is -0.561. The molecule has 0 bridgehead atoms. The summed E-state index contributed by atoms with van der Waals surface area (Å²) in [6, 6.07) is 5.85. The Morgan fingerprint density at radius 1 is 1.28 bits per heavy atom. The summed E-state index contributed by atoms with van der Waals surface area (Å²) in [6.45, 7) is 1.39. The zero-order valence-electron chi connectivity index (χ0n) is 17.3. The third kappa shape index (κ3) is 4.62. The Hall–Kier alpha value is -4.11. The number of halogens is 1. The predicted molar refractivity (Wildman–Crippen MR) is 117 cm³/mol. The number of anilines is 1. The van der Waals surface area contributed by atoms with Crippen LogP contribution in [0.1, 0.15) is 25.1 Å². The first-order valence-electron chi connectivity index (χ1n) is 10.2. The molecule has 2 N–H and O–H groups in total. The lowest BCUT2D eigenvalue weighted by Gasteiger charge is -2.30. The maximum Gasteiger partial charge on any atom is 0.415 e. The van der Waals surface area contributed by atoms with Gasteiger partial charge in [-0.05, 0) is 36.8 Å². The van der Waals surface area contributed by atoms with Crippen molar-refractivity contribution in [2.45, 2.75) is 25.8 Å². The Balaban J connectivity index is 1.33. The number of amides is 1. The predicted octanol–water partition coefficient (Wildman–Crippen LogP) is 2.83. The smallest absolute Gasteiger partial charge is 0.407 e. The number of fused-ring (bicyclic) bond motifs is 1. The monoisotopic (exact) mass is 432 g/mol. The van der Waals surface area contributed by atoms with Crippen molar-refractivity contribution in [2.75, 3.05) is 18.8 Å². The number of para-hydroxylation sites is 1. The fourth-order valence-corrected chi connectivity index (χ4v) is 3.52. The number of likely N-dealkylation sites (tertiary alicyclic amines) is 1. The highest BCUT2D eigenvalue weighted by molar-refractivity contribution is 5.82. The highest BCUT2D eigenvalue weighted by Crippen LogP contribution is 2.22. The van der Waals surface area contributed by atoms with E-state index in [1.807, 2.05) is 0 Å². The van der Waals surface area contributed by atoms with E-state index in [2.05, 4.69) is 32.7 Å². The summed E-state index contributed by atoms with van der Waals surface area (Å²) in [7, 11) is 0. The van der Waals surface area contributed by atoms with Crippen molar-refractivity contribution in [3.8, 4) is 29.9 Å². The molecule has 8 nitrogen and oxygen atoms in total. The minimum absolute atomic E-state index is 0.0645. The molecule has 3 aromatic rings. The van der Waals surface area contributed by atoms with Crippen LogP contribution >= 0.6 is 0 Å². The van der Waals surface area contributed by atoms with Gasteiger partial charge in [0.25, 0.3) is 0 Å². The topological polar surface area (TPSA) is 99.2 Å². The molecule has 1 amide bonds. The quantitative estimate of drug-likeness (QED) is 0.639. The van der Waals surface area contributed by atoms with Gasteiger partial charge >= 0.3 is 6.09 Å². The number of hydrogen-bond acceptors (Lipinski definition) is 6. The number of carbonyl (C=O) groups is 1. The van der Waals surface area contributed by atoms with Crippen LogP contribution in [0.2, 0.25) is 0 Å². The first kappa shape index (κ1) is 21.1. The highest BCUT2D eigenvalue weighted by Gasteiger charge is 2.24. The summed E-state index contributed by atoms with van der Waals surface area (Å²) < 4.78 is 20.5. The lowest BCUT2D eigenvalue weighted by Crippen LogP contribution is -2.40. The third-order valence-corrected chi connectivity index (χ3v) is 5.25. The van der Waals surface area contributed by atoms with Crippen LogP contribution in [0.3, 0.4) is 0 Å². The number of aromatic nitrogens is 4. The van der Waals surface area contributed by atoms with Crippen LogP contribution in [-0.4, -0.2) is 43.6 Å². The van der Waals surface area contributed by atoms with Crippen molar-refractivity contribution in [2.24, 2.45) is 5.92 Å². The number of hydrogen-bond donors (Lipinski definition) is 1. The van der Waals surface area contributed by atoms with E-state index >= 15 is 0 Å². The van der Waals surface area contributed by atoms with Crippen LogP contribution in [-0.2, 0) is 6.54 Å². The van der Waals surface area contributed by atoms with E-state index < -0.39 is 11.9 Å². The first-order chi connectivity index (χ1) is 15.5. The molecule has 0 saturated carbocycles. The van der Waals surface area contributed by atoms with Gasteiger partial charge in [0.15, 0.2) is 23.0 Å². The molecule has 0 spiro atoms. The molecule has 1 aromatic carbocycles. The molecule has 0 radical (unpaired) electrons. The van der Waals surface area contributed by atoms with Crippen molar-refractivity contribution in [3.63, 3.8) is 0 Å². The molecule has 162 valence electrons. The number of piperidine rings is 1. The van der Waals surface area contributed by atoms with Gasteiger partial charge in [0.1, 0.15) is 5.52 Å². The van der Waals surface area contributed by atoms with Gasteiger partial charge in [0.2, 0.25) is 5.82 Å². The zero-order valence-corrected chi connectivity index (χ0v) is 17.3. The van der Waals surface area contributed by atoms with Gasteiger partial charge in [-0.2, -0.15) is 0 Å². The maximum atomic E-state index is 13.7. The number of nitrogens with zero attached hydrogens (tertiary/aromatic N) is 5. The molecule has 4 rings (SSSR count). The van der Waals surface area contributed by atoms with Crippen molar-refractivity contribution in [1.82, 2.24) is 24.4 Å². The zero-order chi connectivity index (χ0) is 22.5. The average Bonchev–Trinajstić information content (AvgIpc) is 3.19. The molecule has 9 heteroatoms. The molecule has 0 atom stereocenters.